The van der Waals surface area contributed by atoms with E-state index in [0.29, 0.717) is 6.42 Å². The molecule has 1 fully saturated rings. The Morgan fingerprint density at radius 2 is 1.68 bits per heavy atom. The number of carbonyl (C=O) groups excluding carboxylic acids is 1. The predicted molar refractivity (Wildman–Crippen MR) is 116 cm³/mol. The van der Waals surface area contributed by atoms with E-state index in [-0.39, 0.29) is 11.9 Å². The van der Waals surface area contributed by atoms with Gasteiger partial charge in [-0.1, -0.05) is 66.2 Å². The first-order valence-electron chi connectivity index (χ1n) is 9.90. The van der Waals surface area contributed by atoms with Gasteiger partial charge >= 0.3 is 0 Å². The van der Waals surface area contributed by atoms with Crippen LogP contribution in [0.15, 0.2) is 66.7 Å². The number of hydrogen-bond donors (Lipinski definition) is 1. The second kappa shape index (κ2) is 8.76. The summed E-state index contributed by atoms with van der Waals surface area (Å²) in [7, 11) is 0. The third-order valence-electron chi connectivity index (χ3n) is 5.50. The van der Waals surface area contributed by atoms with E-state index in [9.17, 15) is 4.79 Å². The minimum atomic E-state index is 0.118. The van der Waals surface area contributed by atoms with Crippen LogP contribution in [0.2, 0.25) is 5.02 Å². The van der Waals surface area contributed by atoms with Gasteiger partial charge in [0.25, 0.3) is 0 Å². The second-order valence-electron chi connectivity index (χ2n) is 7.56. The first-order valence-corrected chi connectivity index (χ1v) is 10.3. The number of piperidine rings is 1. The van der Waals surface area contributed by atoms with E-state index in [0.717, 1.165) is 48.4 Å². The smallest absolute Gasteiger partial charge is 0.224 e. The van der Waals surface area contributed by atoms with Gasteiger partial charge < -0.3 is 5.32 Å². The van der Waals surface area contributed by atoms with Crippen LogP contribution in [-0.2, 0) is 17.8 Å². The van der Waals surface area contributed by atoms with E-state index >= 15 is 0 Å². The lowest BCUT2D eigenvalue weighted by molar-refractivity contribution is -0.121. The third-order valence-corrected chi connectivity index (χ3v) is 5.76. The average molecular weight is 393 g/mol. The number of carbonyl (C=O) groups is 1. The van der Waals surface area contributed by atoms with Crippen LogP contribution in [0, 0.1) is 0 Å². The summed E-state index contributed by atoms with van der Waals surface area (Å²) in [4.78, 5) is 15.0. The molecule has 0 unspecified atom stereocenters. The van der Waals surface area contributed by atoms with Crippen LogP contribution in [0.4, 0.5) is 0 Å². The molecule has 28 heavy (non-hydrogen) atoms. The maximum absolute atomic E-state index is 12.6. The molecule has 1 amide bonds. The molecule has 4 heteroatoms. The molecule has 1 aliphatic rings. The number of nitrogens with one attached hydrogen (secondary N) is 1. The van der Waals surface area contributed by atoms with Crippen molar-refractivity contribution in [3.63, 3.8) is 0 Å². The molecule has 144 valence electrons. The summed E-state index contributed by atoms with van der Waals surface area (Å²) in [6.07, 6.45) is 2.43. The Labute approximate surface area is 171 Å². The molecular weight excluding hydrogens is 368 g/mol. The Hall–Kier alpha value is -2.36. The second-order valence-corrected chi connectivity index (χ2v) is 8.00. The molecule has 1 saturated heterocycles. The van der Waals surface area contributed by atoms with Gasteiger partial charge in [-0.15, -0.1) is 0 Å². The molecule has 0 atom stereocenters. The fourth-order valence-electron chi connectivity index (χ4n) is 3.98. The van der Waals surface area contributed by atoms with Crippen LogP contribution in [0.25, 0.3) is 10.8 Å². The topological polar surface area (TPSA) is 32.3 Å². The number of amides is 1. The Morgan fingerprint density at radius 1 is 0.964 bits per heavy atom. The van der Waals surface area contributed by atoms with Crippen LogP contribution in [-0.4, -0.2) is 29.9 Å². The van der Waals surface area contributed by atoms with Crippen LogP contribution in [0.5, 0.6) is 0 Å². The summed E-state index contributed by atoms with van der Waals surface area (Å²) in [6.45, 7) is 2.94. The summed E-state index contributed by atoms with van der Waals surface area (Å²) in [5, 5.41) is 6.36. The van der Waals surface area contributed by atoms with Crippen LogP contribution < -0.4 is 5.32 Å². The summed E-state index contributed by atoms with van der Waals surface area (Å²) in [6, 6.07) is 22.7. The van der Waals surface area contributed by atoms with Crippen molar-refractivity contribution in [1.82, 2.24) is 10.2 Å². The number of nitrogens with zero attached hydrogens (tertiary/aromatic N) is 1. The summed E-state index contributed by atoms with van der Waals surface area (Å²) in [5.41, 5.74) is 2.37. The molecule has 0 aromatic heterocycles. The van der Waals surface area contributed by atoms with Crippen molar-refractivity contribution >= 4 is 28.3 Å². The highest BCUT2D eigenvalue weighted by Crippen LogP contribution is 2.20. The van der Waals surface area contributed by atoms with Crippen molar-refractivity contribution in [2.45, 2.75) is 31.8 Å². The van der Waals surface area contributed by atoms with E-state index in [2.05, 4.69) is 46.6 Å². The Morgan fingerprint density at radius 3 is 2.46 bits per heavy atom. The van der Waals surface area contributed by atoms with Gasteiger partial charge in [-0.05, 0) is 46.9 Å². The maximum atomic E-state index is 12.6. The molecule has 1 heterocycles. The summed E-state index contributed by atoms with van der Waals surface area (Å²) >= 11 is 5.96. The summed E-state index contributed by atoms with van der Waals surface area (Å²) in [5.74, 6) is 0.118. The lowest BCUT2D eigenvalue weighted by Crippen LogP contribution is -2.44. The number of hydrogen-bond acceptors (Lipinski definition) is 2. The highest BCUT2D eigenvalue weighted by molar-refractivity contribution is 6.30. The number of fused-ring (bicyclic) bond motifs is 1. The molecule has 3 aromatic carbocycles. The minimum Gasteiger partial charge on any atom is -0.353 e. The normalized spacial score (nSPS) is 15.6. The molecule has 3 nitrogen and oxygen atoms in total. The zero-order valence-corrected chi connectivity index (χ0v) is 16.7. The van der Waals surface area contributed by atoms with Gasteiger partial charge in [0.05, 0.1) is 6.42 Å². The highest BCUT2D eigenvalue weighted by atomic mass is 35.5. The zero-order chi connectivity index (χ0) is 19.3. The SMILES string of the molecule is O=C(Cc1cccc2ccccc12)NC1CCN(Cc2ccc(Cl)cc2)CC1. The van der Waals surface area contributed by atoms with Crippen molar-refractivity contribution in [3.8, 4) is 0 Å². The molecule has 0 aliphatic carbocycles. The standard InChI is InChI=1S/C24H25ClN2O/c25-21-10-8-18(9-11-21)17-27-14-12-22(13-15-27)26-24(28)16-20-6-3-5-19-4-1-2-7-23(19)20/h1-11,22H,12-17H2,(H,26,28). The molecule has 0 bridgehead atoms. The van der Waals surface area contributed by atoms with E-state index in [1.807, 2.05) is 30.3 Å². The minimum absolute atomic E-state index is 0.118. The van der Waals surface area contributed by atoms with E-state index in [1.54, 1.807) is 0 Å². The molecular formula is C24H25ClN2O. The molecule has 4 rings (SSSR count). The molecule has 3 aromatic rings. The van der Waals surface area contributed by atoms with E-state index in [1.165, 1.54) is 10.9 Å². The highest BCUT2D eigenvalue weighted by Gasteiger charge is 2.21. The van der Waals surface area contributed by atoms with Crippen molar-refractivity contribution in [3.05, 3.63) is 82.9 Å². The van der Waals surface area contributed by atoms with Crippen LogP contribution in [0.1, 0.15) is 24.0 Å². The lowest BCUT2D eigenvalue weighted by Gasteiger charge is -2.32. The predicted octanol–water partition coefficient (Wildman–Crippen LogP) is 4.82. The van der Waals surface area contributed by atoms with Gasteiger partial charge in [-0.25, -0.2) is 0 Å². The largest absolute Gasteiger partial charge is 0.353 e. The molecule has 0 saturated carbocycles. The fourth-order valence-corrected chi connectivity index (χ4v) is 4.11. The number of likely N-dealkylation sites (tertiary alicyclic amines) is 1. The molecule has 0 spiro atoms. The summed E-state index contributed by atoms with van der Waals surface area (Å²) < 4.78 is 0. The van der Waals surface area contributed by atoms with Gasteiger partial charge in [0.2, 0.25) is 5.91 Å². The van der Waals surface area contributed by atoms with E-state index in [4.69, 9.17) is 11.6 Å². The third kappa shape index (κ3) is 4.73. The van der Waals surface area contributed by atoms with Crippen LogP contribution >= 0.6 is 11.6 Å². The average Bonchev–Trinajstić information content (AvgIpc) is 2.71. The number of halogens is 1. The van der Waals surface area contributed by atoms with Gasteiger partial charge in [0, 0.05) is 30.7 Å². The first-order chi connectivity index (χ1) is 13.7. The van der Waals surface area contributed by atoms with Crippen molar-refractivity contribution < 1.29 is 4.79 Å². The van der Waals surface area contributed by atoms with Crippen molar-refractivity contribution in [1.29, 1.82) is 0 Å². The fraction of sp³-hybridized carbons (Fsp3) is 0.292. The van der Waals surface area contributed by atoms with Gasteiger partial charge in [0.1, 0.15) is 0 Å². The lowest BCUT2D eigenvalue weighted by atomic mass is 10.0. The van der Waals surface area contributed by atoms with E-state index < -0.39 is 0 Å². The van der Waals surface area contributed by atoms with Crippen LogP contribution in [0.3, 0.4) is 0 Å². The molecule has 1 aliphatic heterocycles. The first kappa shape index (κ1) is 19.0. The number of benzene rings is 3. The van der Waals surface area contributed by atoms with Crippen molar-refractivity contribution in [2.24, 2.45) is 0 Å². The zero-order valence-electron chi connectivity index (χ0n) is 15.9. The van der Waals surface area contributed by atoms with Gasteiger partial charge in [-0.3, -0.25) is 9.69 Å². The van der Waals surface area contributed by atoms with Crippen molar-refractivity contribution in [2.75, 3.05) is 13.1 Å². The monoisotopic (exact) mass is 392 g/mol. The van der Waals surface area contributed by atoms with Gasteiger partial charge in [0.15, 0.2) is 0 Å². The Bertz CT molecular complexity index is 941. The number of rotatable bonds is 5. The maximum Gasteiger partial charge on any atom is 0.224 e. The Kier molecular flexibility index (Phi) is 5.94. The molecule has 1 N–H and O–H groups in total. The molecule has 0 radical (unpaired) electrons. The Balaban J connectivity index is 1.28. The van der Waals surface area contributed by atoms with Gasteiger partial charge in [-0.2, -0.15) is 0 Å². The quantitative estimate of drug-likeness (QED) is 0.675.